The van der Waals surface area contributed by atoms with Crippen LogP contribution in [0.15, 0.2) is 30.3 Å². The zero-order valence-corrected chi connectivity index (χ0v) is 14.9. The molecule has 0 aliphatic carbocycles. The van der Waals surface area contributed by atoms with E-state index in [9.17, 15) is 9.59 Å². The van der Waals surface area contributed by atoms with Crippen molar-refractivity contribution in [3.8, 4) is 0 Å². The maximum atomic E-state index is 12.5. The minimum atomic E-state index is -0.524. The van der Waals surface area contributed by atoms with Gasteiger partial charge in [-0.3, -0.25) is 9.59 Å². The molecule has 128 valence electrons. The first-order valence-corrected chi connectivity index (χ1v) is 8.47. The Morgan fingerprint density at radius 1 is 0.913 bits per heavy atom. The van der Waals surface area contributed by atoms with Crippen LogP contribution in [0.25, 0.3) is 0 Å². The van der Waals surface area contributed by atoms with Gasteiger partial charge in [-0.05, 0) is 43.7 Å². The van der Waals surface area contributed by atoms with Crippen molar-refractivity contribution in [3.63, 3.8) is 0 Å². The highest BCUT2D eigenvalue weighted by molar-refractivity contribution is 5.97. The summed E-state index contributed by atoms with van der Waals surface area (Å²) in [5, 5.41) is 5.87. The molecule has 0 heterocycles. The van der Waals surface area contributed by atoms with Crippen molar-refractivity contribution in [1.29, 1.82) is 0 Å². The summed E-state index contributed by atoms with van der Waals surface area (Å²) < 4.78 is 0. The maximum Gasteiger partial charge on any atom is 0.251 e. The van der Waals surface area contributed by atoms with Gasteiger partial charge < -0.3 is 10.6 Å². The van der Waals surface area contributed by atoms with Crippen LogP contribution in [0.2, 0.25) is 0 Å². The number of carbonyl (C=O) groups excluding carboxylic acids is 2. The van der Waals surface area contributed by atoms with Gasteiger partial charge in [0.15, 0.2) is 0 Å². The lowest BCUT2D eigenvalue weighted by molar-refractivity contribution is -0.124. The summed E-state index contributed by atoms with van der Waals surface area (Å²) in [7, 11) is 0. The number of benzene rings is 1. The van der Waals surface area contributed by atoms with Gasteiger partial charge in [0.1, 0.15) is 6.04 Å². The molecule has 0 bridgehead atoms. The lowest BCUT2D eigenvalue weighted by Gasteiger charge is -2.24. The summed E-state index contributed by atoms with van der Waals surface area (Å²) in [4.78, 5) is 24.8. The molecule has 0 aliphatic heterocycles. The highest BCUT2D eigenvalue weighted by Crippen LogP contribution is 2.09. The number of rotatable bonds is 8. The van der Waals surface area contributed by atoms with Crippen LogP contribution in [0, 0.1) is 11.8 Å². The molecule has 0 fully saturated rings. The van der Waals surface area contributed by atoms with Crippen molar-refractivity contribution in [2.45, 2.75) is 59.5 Å². The van der Waals surface area contributed by atoms with E-state index in [-0.39, 0.29) is 23.8 Å². The second-order valence-electron chi connectivity index (χ2n) is 6.94. The average Bonchev–Trinajstić information content (AvgIpc) is 2.50. The summed E-state index contributed by atoms with van der Waals surface area (Å²) in [5.74, 6) is 0.322. The van der Waals surface area contributed by atoms with Crippen LogP contribution in [0.4, 0.5) is 0 Å². The topological polar surface area (TPSA) is 58.2 Å². The van der Waals surface area contributed by atoms with E-state index < -0.39 is 6.04 Å². The molecule has 0 spiro atoms. The molecule has 2 N–H and O–H groups in total. The van der Waals surface area contributed by atoms with Gasteiger partial charge in [0, 0.05) is 11.6 Å². The van der Waals surface area contributed by atoms with Gasteiger partial charge >= 0.3 is 0 Å². The molecule has 4 heteroatoms. The third-order valence-electron chi connectivity index (χ3n) is 3.84. The molecule has 0 saturated heterocycles. The van der Waals surface area contributed by atoms with Crippen molar-refractivity contribution in [3.05, 3.63) is 35.9 Å². The van der Waals surface area contributed by atoms with Gasteiger partial charge in [-0.2, -0.15) is 0 Å². The zero-order chi connectivity index (χ0) is 17.4. The third kappa shape index (κ3) is 6.85. The van der Waals surface area contributed by atoms with Crippen LogP contribution in [0.3, 0.4) is 0 Å². The summed E-state index contributed by atoms with van der Waals surface area (Å²) in [6.45, 7) is 10.2. The van der Waals surface area contributed by atoms with E-state index in [1.807, 2.05) is 39.0 Å². The molecule has 0 saturated carbocycles. The fourth-order valence-electron chi connectivity index (χ4n) is 2.34. The Kier molecular flexibility index (Phi) is 7.79. The molecule has 2 atom stereocenters. The molecular formula is C19H30N2O2. The summed E-state index contributed by atoms with van der Waals surface area (Å²) in [6.07, 6.45) is 2.02. The van der Waals surface area contributed by atoms with E-state index in [1.54, 1.807) is 12.1 Å². The van der Waals surface area contributed by atoms with Crippen molar-refractivity contribution in [2.75, 3.05) is 0 Å². The van der Waals surface area contributed by atoms with E-state index in [4.69, 9.17) is 0 Å². The first-order chi connectivity index (χ1) is 10.8. The SMILES string of the molecule is CC(C)CC[C@H](C)NC(=O)[C@H](NC(=O)c1ccccc1)C(C)C. The highest BCUT2D eigenvalue weighted by Gasteiger charge is 2.25. The average molecular weight is 318 g/mol. The first kappa shape index (κ1) is 19.2. The Morgan fingerprint density at radius 3 is 2.04 bits per heavy atom. The van der Waals surface area contributed by atoms with E-state index in [0.29, 0.717) is 11.5 Å². The van der Waals surface area contributed by atoms with Gasteiger partial charge in [0.05, 0.1) is 0 Å². The van der Waals surface area contributed by atoms with Crippen LogP contribution in [-0.4, -0.2) is 23.9 Å². The normalized spacial score (nSPS) is 13.7. The van der Waals surface area contributed by atoms with Crippen LogP contribution in [-0.2, 0) is 4.79 Å². The van der Waals surface area contributed by atoms with Gasteiger partial charge in [-0.1, -0.05) is 45.9 Å². The first-order valence-electron chi connectivity index (χ1n) is 8.47. The van der Waals surface area contributed by atoms with Crippen LogP contribution in [0.5, 0.6) is 0 Å². The highest BCUT2D eigenvalue weighted by atomic mass is 16.2. The van der Waals surface area contributed by atoms with E-state index >= 15 is 0 Å². The molecule has 4 nitrogen and oxygen atoms in total. The molecule has 1 aromatic rings. The lowest BCUT2D eigenvalue weighted by atomic mass is 10.0. The van der Waals surface area contributed by atoms with Gasteiger partial charge in [0.2, 0.25) is 5.91 Å². The van der Waals surface area contributed by atoms with Gasteiger partial charge in [0.25, 0.3) is 5.91 Å². The quantitative estimate of drug-likeness (QED) is 0.772. The second-order valence-corrected chi connectivity index (χ2v) is 6.94. The molecule has 0 aromatic heterocycles. The Bertz CT molecular complexity index is 497. The number of nitrogens with one attached hydrogen (secondary N) is 2. The minimum absolute atomic E-state index is 0.0277. The number of hydrogen-bond donors (Lipinski definition) is 2. The molecule has 0 unspecified atom stereocenters. The second kappa shape index (κ2) is 9.33. The Morgan fingerprint density at radius 2 is 1.52 bits per heavy atom. The molecule has 0 radical (unpaired) electrons. The molecule has 23 heavy (non-hydrogen) atoms. The molecule has 2 amide bonds. The maximum absolute atomic E-state index is 12.5. The number of carbonyl (C=O) groups is 2. The smallest absolute Gasteiger partial charge is 0.251 e. The standard InChI is InChI=1S/C19H30N2O2/c1-13(2)11-12-15(5)20-19(23)17(14(3)4)21-18(22)16-9-7-6-8-10-16/h6-10,13-15,17H,11-12H2,1-5H3,(H,20,23)(H,21,22)/t15-,17+/m0/s1. The van der Waals surface area contributed by atoms with E-state index in [2.05, 4.69) is 24.5 Å². The van der Waals surface area contributed by atoms with Crippen LogP contribution < -0.4 is 10.6 Å². The number of amides is 2. The third-order valence-corrected chi connectivity index (χ3v) is 3.84. The van der Waals surface area contributed by atoms with Crippen LogP contribution in [0.1, 0.15) is 57.8 Å². The molecule has 0 aliphatic rings. The number of hydrogen-bond acceptors (Lipinski definition) is 2. The van der Waals surface area contributed by atoms with E-state index in [0.717, 1.165) is 12.8 Å². The predicted molar refractivity (Wildman–Crippen MR) is 94.2 cm³/mol. The van der Waals surface area contributed by atoms with Gasteiger partial charge in [-0.25, -0.2) is 0 Å². The lowest BCUT2D eigenvalue weighted by Crippen LogP contribution is -2.51. The van der Waals surface area contributed by atoms with Crippen molar-refractivity contribution in [2.24, 2.45) is 11.8 Å². The summed E-state index contributed by atoms with van der Waals surface area (Å²) in [5.41, 5.74) is 0.568. The Labute approximate surface area is 140 Å². The Balaban J connectivity index is 2.63. The zero-order valence-electron chi connectivity index (χ0n) is 14.9. The van der Waals surface area contributed by atoms with E-state index in [1.165, 1.54) is 0 Å². The van der Waals surface area contributed by atoms with Gasteiger partial charge in [-0.15, -0.1) is 0 Å². The monoisotopic (exact) mass is 318 g/mol. The largest absolute Gasteiger partial charge is 0.352 e. The predicted octanol–water partition coefficient (Wildman–Crippen LogP) is 3.38. The molecule has 1 aromatic carbocycles. The fourth-order valence-corrected chi connectivity index (χ4v) is 2.34. The van der Waals surface area contributed by atoms with Crippen molar-refractivity contribution < 1.29 is 9.59 Å². The summed E-state index contributed by atoms with van der Waals surface area (Å²) in [6, 6.07) is 8.57. The Hall–Kier alpha value is -1.84. The van der Waals surface area contributed by atoms with Crippen molar-refractivity contribution in [1.82, 2.24) is 10.6 Å². The van der Waals surface area contributed by atoms with Crippen molar-refractivity contribution >= 4 is 11.8 Å². The minimum Gasteiger partial charge on any atom is -0.352 e. The van der Waals surface area contributed by atoms with Crippen LogP contribution >= 0.6 is 0 Å². The molecular weight excluding hydrogens is 288 g/mol. The summed E-state index contributed by atoms with van der Waals surface area (Å²) >= 11 is 0. The fraction of sp³-hybridized carbons (Fsp3) is 0.579. The molecule has 1 rings (SSSR count).